The first-order valence-electron chi connectivity index (χ1n) is 19.9. The number of nitrogens with zero attached hydrogens (tertiary/aromatic N) is 4. The summed E-state index contributed by atoms with van der Waals surface area (Å²) in [7, 11) is 2.58. The number of ether oxygens (including phenoxy) is 2. The molecule has 0 fully saturated rings. The normalized spacial score (nSPS) is 12.0. The Bertz CT molecular complexity index is 2530. The van der Waals surface area contributed by atoms with Crippen LogP contribution >= 0.6 is 46.4 Å². The molecule has 0 aliphatic rings. The third-order valence-corrected chi connectivity index (χ3v) is 10.6. The summed E-state index contributed by atoms with van der Waals surface area (Å²) in [6.07, 6.45) is 1.22. The van der Waals surface area contributed by atoms with Crippen LogP contribution in [-0.2, 0) is 32.0 Å². The fourth-order valence-corrected chi connectivity index (χ4v) is 7.08. The number of hydrogen-bond acceptors (Lipinski definition) is 12. The minimum atomic E-state index is -1.68. The minimum absolute atomic E-state index is 0.00212. The van der Waals surface area contributed by atoms with Crippen LogP contribution in [-0.4, -0.2) is 73.3 Å². The van der Waals surface area contributed by atoms with E-state index in [2.05, 4.69) is 41.7 Å². The molecule has 4 amide bonds. The molecule has 0 saturated heterocycles. The molecular weight excluding hydrogens is 934 g/mol. The summed E-state index contributed by atoms with van der Waals surface area (Å²) >= 11 is 24.8. The van der Waals surface area contributed by atoms with Crippen molar-refractivity contribution in [1.82, 2.24) is 0 Å². The number of aryl methyl sites for hydroxylation is 2. The number of methoxy groups -OCH3 is 2. The second kappa shape index (κ2) is 24.0. The smallest absolute Gasteiger partial charge is 0.258 e. The van der Waals surface area contributed by atoms with Crippen LogP contribution in [0.15, 0.2) is 118 Å². The number of alkyl halides is 2. The van der Waals surface area contributed by atoms with Gasteiger partial charge in [0.15, 0.2) is 11.6 Å². The number of hydrogen-bond donors (Lipinski definition) is 4. The highest BCUT2D eigenvalue weighted by Crippen LogP contribution is 2.37. The van der Waals surface area contributed by atoms with Crippen molar-refractivity contribution in [2.75, 3.05) is 47.2 Å². The van der Waals surface area contributed by atoms with E-state index >= 15 is 0 Å². The first-order valence-corrected chi connectivity index (χ1v) is 21.7. The molecule has 5 rings (SSSR count). The summed E-state index contributed by atoms with van der Waals surface area (Å²) in [6, 6.07) is 22.5. The van der Waals surface area contributed by atoms with Gasteiger partial charge in [0, 0.05) is 35.3 Å². The lowest BCUT2D eigenvalue weighted by Gasteiger charge is -2.18. The Balaban J connectivity index is 1.30. The number of anilines is 4. The predicted octanol–water partition coefficient (Wildman–Crippen LogP) is 10.4. The molecule has 2 unspecified atom stereocenters. The SMILES string of the molecule is COc1cc(NC(=O)C(N=Nc2cccc(C(=O)Nc3cccc(CCCl)c3)c2Cl)C(C)=O)c(OC)cc1NC(=O)C(N=Nc1cccc(C(=O)Nc2cccc(CCCl)c2)c1Cl)C(C)=O. The molecule has 0 radical (unpaired) electrons. The summed E-state index contributed by atoms with van der Waals surface area (Å²) < 4.78 is 11.0. The van der Waals surface area contributed by atoms with Gasteiger partial charge >= 0.3 is 0 Å². The van der Waals surface area contributed by atoms with E-state index in [9.17, 15) is 28.8 Å². The van der Waals surface area contributed by atoms with Crippen LogP contribution in [0.25, 0.3) is 0 Å². The Kier molecular flexibility index (Phi) is 18.3. The molecule has 0 spiro atoms. The summed E-state index contributed by atoms with van der Waals surface area (Å²) in [5.41, 5.74) is 3.10. The zero-order chi connectivity index (χ0) is 47.9. The van der Waals surface area contributed by atoms with Crippen LogP contribution in [0, 0.1) is 0 Å². The van der Waals surface area contributed by atoms with Crippen molar-refractivity contribution in [2.45, 2.75) is 38.8 Å². The van der Waals surface area contributed by atoms with Gasteiger partial charge in [0.1, 0.15) is 22.9 Å². The van der Waals surface area contributed by atoms with Crippen molar-refractivity contribution in [3.05, 3.63) is 129 Å². The van der Waals surface area contributed by atoms with Gasteiger partial charge in [-0.25, -0.2) is 0 Å². The lowest BCUT2D eigenvalue weighted by Crippen LogP contribution is -2.32. The summed E-state index contributed by atoms with van der Waals surface area (Å²) in [4.78, 5) is 78.8. The number of Topliss-reactive ketones (excluding diaryl/α,β-unsaturated/α-hetero) is 2. The number of carbonyl (C=O) groups excluding carboxylic acids is 6. The lowest BCUT2D eigenvalue weighted by molar-refractivity contribution is -0.127. The molecule has 66 heavy (non-hydrogen) atoms. The van der Waals surface area contributed by atoms with Crippen LogP contribution < -0.4 is 30.7 Å². The van der Waals surface area contributed by atoms with E-state index in [1.165, 1.54) is 62.8 Å². The molecule has 5 aromatic rings. The van der Waals surface area contributed by atoms with Crippen molar-refractivity contribution >= 4 is 116 Å². The van der Waals surface area contributed by atoms with Gasteiger partial charge in [0.25, 0.3) is 23.6 Å². The number of halogens is 4. The maximum absolute atomic E-state index is 13.5. The quantitative estimate of drug-likeness (QED) is 0.0333. The number of rotatable bonds is 20. The van der Waals surface area contributed by atoms with E-state index in [0.717, 1.165) is 25.0 Å². The minimum Gasteiger partial charge on any atom is -0.494 e. The number of benzene rings is 5. The molecule has 0 aromatic heterocycles. The number of carbonyl (C=O) groups is 6. The van der Waals surface area contributed by atoms with Gasteiger partial charge in [-0.3, -0.25) is 28.8 Å². The number of amides is 4. The summed E-state index contributed by atoms with van der Waals surface area (Å²) in [5, 5.41) is 26.6. The van der Waals surface area contributed by atoms with Crippen LogP contribution in [0.5, 0.6) is 11.5 Å². The highest BCUT2D eigenvalue weighted by molar-refractivity contribution is 6.37. The molecule has 0 aliphatic carbocycles. The fraction of sp³-hybridized carbons (Fsp3) is 0.217. The standard InChI is InChI=1S/C46H42Cl4N8O8/c1-25(59)41(57-55-33-15-7-13-31(39(33)49)43(61)51-29-11-5-9-27(21-29)17-19-47)45(63)53-35-23-38(66-4)36(24-37(35)65-3)54-46(64)42(26(2)60)58-56-34-16-8-14-32(40(34)50)44(62)52-30-12-6-10-28(22-30)18-20-48/h5-16,21-24,41-42H,17-20H2,1-4H3,(H,51,61)(H,52,62)(H,53,63)(H,54,64). The van der Waals surface area contributed by atoms with Crippen LogP contribution in [0.4, 0.5) is 34.1 Å². The molecule has 0 heterocycles. The van der Waals surface area contributed by atoms with Crippen molar-refractivity contribution < 1.29 is 38.2 Å². The van der Waals surface area contributed by atoms with Crippen molar-refractivity contribution in [2.24, 2.45) is 20.5 Å². The Labute approximate surface area is 399 Å². The molecule has 5 aromatic carbocycles. The Morgan fingerprint density at radius 3 is 1.27 bits per heavy atom. The Morgan fingerprint density at radius 1 is 0.545 bits per heavy atom. The van der Waals surface area contributed by atoms with Gasteiger partial charge < -0.3 is 30.7 Å². The Hall–Kier alpha value is -6.72. The van der Waals surface area contributed by atoms with Crippen LogP contribution in [0.1, 0.15) is 45.7 Å². The zero-order valence-corrected chi connectivity index (χ0v) is 38.8. The molecule has 16 nitrogen and oxygen atoms in total. The van der Waals surface area contributed by atoms with Crippen LogP contribution in [0.3, 0.4) is 0 Å². The highest BCUT2D eigenvalue weighted by atomic mass is 35.5. The van der Waals surface area contributed by atoms with Crippen LogP contribution in [0.2, 0.25) is 10.0 Å². The molecule has 0 bridgehead atoms. The average Bonchev–Trinajstić information content (AvgIpc) is 3.28. The monoisotopic (exact) mass is 974 g/mol. The molecule has 4 N–H and O–H groups in total. The fourth-order valence-electron chi connectivity index (χ4n) is 6.14. The Morgan fingerprint density at radius 2 is 0.924 bits per heavy atom. The zero-order valence-electron chi connectivity index (χ0n) is 35.8. The van der Waals surface area contributed by atoms with Crippen molar-refractivity contribution in [3.8, 4) is 11.5 Å². The van der Waals surface area contributed by atoms with Crippen molar-refractivity contribution in [3.63, 3.8) is 0 Å². The van der Waals surface area contributed by atoms with Gasteiger partial charge in [-0.1, -0.05) is 59.6 Å². The largest absolute Gasteiger partial charge is 0.494 e. The number of ketones is 2. The van der Waals surface area contributed by atoms with Gasteiger partial charge in [0.2, 0.25) is 12.1 Å². The third kappa shape index (κ3) is 13.2. The van der Waals surface area contributed by atoms with E-state index in [-0.39, 0.29) is 55.4 Å². The van der Waals surface area contributed by atoms with E-state index in [0.29, 0.717) is 36.0 Å². The predicted molar refractivity (Wildman–Crippen MR) is 255 cm³/mol. The number of azo groups is 2. The molecule has 342 valence electrons. The molecule has 0 aliphatic heterocycles. The maximum atomic E-state index is 13.5. The second-order valence-electron chi connectivity index (χ2n) is 14.2. The van der Waals surface area contributed by atoms with Gasteiger partial charge in [-0.05, 0) is 86.3 Å². The van der Waals surface area contributed by atoms with Gasteiger partial charge in [-0.15, -0.1) is 23.2 Å². The lowest BCUT2D eigenvalue weighted by atomic mass is 10.1. The molecule has 2 atom stereocenters. The third-order valence-electron chi connectivity index (χ3n) is 9.45. The van der Waals surface area contributed by atoms with E-state index in [1.807, 2.05) is 12.1 Å². The molecule has 0 saturated carbocycles. The van der Waals surface area contributed by atoms with Gasteiger partial charge in [-0.2, -0.15) is 20.5 Å². The van der Waals surface area contributed by atoms with Gasteiger partial charge in [0.05, 0.1) is 46.8 Å². The number of nitrogens with one attached hydrogen (secondary N) is 4. The van der Waals surface area contributed by atoms with Crippen molar-refractivity contribution in [1.29, 1.82) is 0 Å². The van der Waals surface area contributed by atoms with E-state index in [4.69, 9.17) is 55.9 Å². The maximum Gasteiger partial charge on any atom is 0.258 e. The first-order chi connectivity index (χ1) is 31.7. The average molecular weight is 977 g/mol. The highest BCUT2D eigenvalue weighted by Gasteiger charge is 2.28. The topological polar surface area (TPSA) is 218 Å². The summed E-state index contributed by atoms with van der Waals surface area (Å²) in [5.74, 6) is -3.43. The first kappa shape index (κ1) is 50.3. The molecule has 20 heteroatoms. The van der Waals surface area contributed by atoms with E-state index in [1.54, 1.807) is 36.4 Å². The summed E-state index contributed by atoms with van der Waals surface area (Å²) in [6.45, 7) is 2.28. The molecular formula is C46H42Cl4N8O8. The van der Waals surface area contributed by atoms with E-state index < -0.39 is 47.3 Å². The second-order valence-corrected chi connectivity index (χ2v) is 15.7.